The van der Waals surface area contributed by atoms with E-state index in [1.165, 1.54) is 12.8 Å². The Morgan fingerprint density at radius 1 is 1.19 bits per heavy atom. The zero-order valence-electron chi connectivity index (χ0n) is 10.1. The number of ether oxygens (including phenoxy) is 1. The van der Waals surface area contributed by atoms with Gasteiger partial charge < -0.3 is 4.74 Å². The van der Waals surface area contributed by atoms with Gasteiger partial charge in [-0.05, 0) is 25.8 Å². The molecule has 2 fully saturated rings. The molecule has 1 aliphatic carbocycles. The van der Waals surface area contributed by atoms with E-state index in [1.54, 1.807) is 0 Å². The van der Waals surface area contributed by atoms with Gasteiger partial charge in [0, 0.05) is 25.4 Å². The van der Waals surface area contributed by atoms with Gasteiger partial charge in [0.15, 0.2) is 0 Å². The van der Waals surface area contributed by atoms with Crippen LogP contribution in [0.15, 0.2) is 0 Å². The molecule has 2 rings (SSSR count). The van der Waals surface area contributed by atoms with E-state index in [9.17, 15) is 4.79 Å². The van der Waals surface area contributed by atoms with Crippen molar-refractivity contribution in [2.24, 2.45) is 5.92 Å². The van der Waals surface area contributed by atoms with Crippen LogP contribution in [0.4, 0.5) is 0 Å². The molecule has 0 aromatic heterocycles. The first kappa shape index (κ1) is 12.1. The minimum Gasteiger partial charge on any atom is -0.379 e. The van der Waals surface area contributed by atoms with E-state index in [0.29, 0.717) is 11.7 Å². The highest BCUT2D eigenvalue weighted by Gasteiger charge is 2.21. The van der Waals surface area contributed by atoms with Gasteiger partial charge in [-0.25, -0.2) is 0 Å². The molecule has 0 radical (unpaired) electrons. The van der Waals surface area contributed by atoms with Gasteiger partial charge in [-0.1, -0.05) is 12.8 Å². The topological polar surface area (TPSA) is 29.5 Å². The standard InChI is InChI=1S/C13H23NO2/c15-13-5-3-1-2-4-12(13)6-7-14-8-10-16-11-9-14/h12H,1-11H2. The summed E-state index contributed by atoms with van der Waals surface area (Å²) in [6.45, 7) is 4.89. The summed E-state index contributed by atoms with van der Waals surface area (Å²) in [6, 6.07) is 0. The molecule has 0 spiro atoms. The Bertz CT molecular complexity index is 224. The number of nitrogens with zero attached hydrogens (tertiary/aromatic N) is 1. The molecular formula is C13H23NO2. The predicted molar refractivity (Wildman–Crippen MR) is 63.5 cm³/mol. The molecule has 92 valence electrons. The normalized spacial score (nSPS) is 29.0. The number of Topliss-reactive ketones (excluding diaryl/α,β-unsaturated/α-hetero) is 1. The Hall–Kier alpha value is -0.410. The summed E-state index contributed by atoms with van der Waals surface area (Å²) in [6.07, 6.45) is 6.64. The second kappa shape index (κ2) is 6.36. The van der Waals surface area contributed by atoms with E-state index in [0.717, 1.165) is 58.5 Å². The first-order valence-electron chi connectivity index (χ1n) is 6.69. The smallest absolute Gasteiger partial charge is 0.136 e. The average Bonchev–Trinajstić information content (AvgIpc) is 2.53. The maximum atomic E-state index is 11.8. The van der Waals surface area contributed by atoms with Crippen molar-refractivity contribution in [1.29, 1.82) is 0 Å². The highest BCUT2D eigenvalue weighted by Crippen LogP contribution is 2.23. The molecule has 16 heavy (non-hydrogen) atoms. The molecule has 1 atom stereocenters. The van der Waals surface area contributed by atoms with E-state index in [4.69, 9.17) is 4.74 Å². The maximum Gasteiger partial charge on any atom is 0.136 e. The lowest BCUT2D eigenvalue weighted by Gasteiger charge is -2.27. The van der Waals surface area contributed by atoms with Gasteiger partial charge in [-0.2, -0.15) is 0 Å². The van der Waals surface area contributed by atoms with Crippen LogP contribution in [0.2, 0.25) is 0 Å². The summed E-state index contributed by atoms with van der Waals surface area (Å²) in [5.41, 5.74) is 0. The van der Waals surface area contributed by atoms with Crippen molar-refractivity contribution in [2.75, 3.05) is 32.8 Å². The molecule has 3 heteroatoms. The Morgan fingerprint density at radius 2 is 2.00 bits per heavy atom. The van der Waals surface area contributed by atoms with E-state index in [-0.39, 0.29) is 0 Å². The minimum absolute atomic E-state index is 0.352. The van der Waals surface area contributed by atoms with Crippen molar-refractivity contribution in [3.8, 4) is 0 Å². The number of carbonyl (C=O) groups is 1. The number of morpholine rings is 1. The highest BCUT2D eigenvalue weighted by atomic mass is 16.5. The van der Waals surface area contributed by atoms with Crippen LogP contribution < -0.4 is 0 Å². The summed E-state index contributed by atoms with van der Waals surface area (Å²) in [5.74, 6) is 0.871. The summed E-state index contributed by atoms with van der Waals surface area (Å²) >= 11 is 0. The molecule has 1 aliphatic heterocycles. The van der Waals surface area contributed by atoms with Crippen molar-refractivity contribution in [2.45, 2.75) is 38.5 Å². The molecule has 3 nitrogen and oxygen atoms in total. The maximum absolute atomic E-state index is 11.8. The Labute approximate surface area is 98.1 Å². The molecular weight excluding hydrogens is 202 g/mol. The lowest BCUT2D eigenvalue weighted by Crippen LogP contribution is -2.37. The summed E-state index contributed by atoms with van der Waals surface area (Å²) in [7, 11) is 0. The number of rotatable bonds is 3. The SMILES string of the molecule is O=C1CCCCCC1CCN1CCOCC1. The second-order valence-corrected chi connectivity index (χ2v) is 5.01. The van der Waals surface area contributed by atoms with Gasteiger partial charge >= 0.3 is 0 Å². The summed E-state index contributed by atoms with van der Waals surface area (Å²) in [4.78, 5) is 14.3. The van der Waals surface area contributed by atoms with Gasteiger partial charge in [-0.3, -0.25) is 9.69 Å². The average molecular weight is 225 g/mol. The van der Waals surface area contributed by atoms with Crippen LogP contribution in [0, 0.1) is 5.92 Å². The van der Waals surface area contributed by atoms with E-state index >= 15 is 0 Å². The minimum atomic E-state index is 0.352. The first-order chi connectivity index (χ1) is 7.86. The van der Waals surface area contributed by atoms with Crippen LogP contribution in [0.3, 0.4) is 0 Å². The molecule has 0 amide bonds. The zero-order chi connectivity index (χ0) is 11.2. The summed E-state index contributed by atoms with van der Waals surface area (Å²) in [5, 5.41) is 0. The van der Waals surface area contributed by atoms with Crippen molar-refractivity contribution < 1.29 is 9.53 Å². The second-order valence-electron chi connectivity index (χ2n) is 5.01. The van der Waals surface area contributed by atoms with Gasteiger partial charge in [0.1, 0.15) is 5.78 Å². The Balaban J connectivity index is 1.72. The third kappa shape index (κ3) is 3.56. The van der Waals surface area contributed by atoms with Gasteiger partial charge in [-0.15, -0.1) is 0 Å². The number of ketones is 1. The van der Waals surface area contributed by atoms with Crippen molar-refractivity contribution in [3.63, 3.8) is 0 Å². The van der Waals surface area contributed by atoms with Crippen LogP contribution in [0.25, 0.3) is 0 Å². The van der Waals surface area contributed by atoms with E-state index in [2.05, 4.69) is 4.90 Å². The molecule has 2 aliphatic rings. The van der Waals surface area contributed by atoms with Crippen LogP contribution >= 0.6 is 0 Å². The molecule has 0 bridgehead atoms. The van der Waals surface area contributed by atoms with Gasteiger partial charge in [0.25, 0.3) is 0 Å². The Morgan fingerprint density at radius 3 is 2.81 bits per heavy atom. The van der Waals surface area contributed by atoms with Crippen LogP contribution in [-0.4, -0.2) is 43.5 Å². The fraction of sp³-hybridized carbons (Fsp3) is 0.923. The first-order valence-corrected chi connectivity index (χ1v) is 6.69. The molecule has 1 unspecified atom stereocenters. The van der Waals surface area contributed by atoms with Gasteiger partial charge in [0.05, 0.1) is 13.2 Å². The largest absolute Gasteiger partial charge is 0.379 e. The van der Waals surface area contributed by atoms with Gasteiger partial charge in [0.2, 0.25) is 0 Å². The fourth-order valence-corrected chi connectivity index (χ4v) is 2.70. The van der Waals surface area contributed by atoms with Crippen LogP contribution in [-0.2, 0) is 9.53 Å². The van der Waals surface area contributed by atoms with Crippen LogP contribution in [0.1, 0.15) is 38.5 Å². The Kier molecular flexibility index (Phi) is 4.79. The zero-order valence-corrected chi connectivity index (χ0v) is 10.1. The number of hydrogen-bond donors (Lipinski definition) is 0. The van der Waals surface area contributed by atoms with Crippen molar-refractivity contribution >= 4 is 5.78 Å². The molecule has 0 N–H and O–H groups in total. The fourth-order valence-electron chi connectivity index (χ4n) is 2.70. The third-order valence-electron chi connectivity index (χ3n) is 3.83. The summed E-state index contributed by atoms with van der Waals surface area (Å²) < 4.78 is 5.32. The molecule has 1 heterocycles. The quantitative estimate of drug-likeness (QED) is 0.687. The molecule has 0 aromatic rings. The lowest BCUT2D eigenvalue weighted by atomic mass is 9.95. The number of carbonyl (C=O) groups excluding carboxylic acids is 1. The number of hydrogen-bond acceptors (Lipinski definition) is 3. The highest BCUT2D eigenvalue weighted by molar-refractivity contribution is 5.81. The van der Waals surface area contributed by atoms with E-state index < -0.39 is 0 Å². The monoisotopic (exact) mass is 225 g/mol. The lowest BCUT2D eigenvalue weighted by molar-refractivity contribution is -0.123. The van der Waals surface area contributed by atoms with Crippen molar-refractivity contribution in [3.05, 3.63) is 0 Å². The predicted octanol–water partition coefficient (Wildman–Crippen LogP) is 1.86. The van der Waals surface area contributed by atoms with Crippen LogP contribution in [0.5, 0.6) is 0 Å². The third-order valence-corrected chi connectivity index (χ3v) is 3.83. The molecule has 1 saturated heterocycles. The molecule has 1 saturated carbocycles. The van der Waals surface area contributed by atoms with Crippen molar-refractivity contribution in [1.82, 2.24) is 4.90 Å². The van der Waals surface area contributed by atoms with E-state index in [1.807, 2.05) is 0 Å². The molecule has 0 aromatic carbocycles.